The van der Waals surface area contributed by atoms with Gasteiger partial charge in [0.1, 0.15) is 23.0 Å². The van der Waals surface area contributed by atoms with E-state index in [2.05, 4.69) is 19.7 Å². The Morgan fingerprint density at radius 2 is 0.573 bits per heavy atom. The normalized spacial score (nSPS) is 10.6. The summed E-state index contributed by atoms with van der Waals surface area (Å²) in [6.45, 7) is 12.9. The zero-order valence-corrected chi connectivity index (χ0v) is 43.1. The molecule has 0 unspecified atom stereocenters. The molecule has 0 aromatic heterocycles. The smallest absolute Gasteiger partial charge is 0.343 e. The molecule has 0 N–H and O–H groups in total. The van der Waals surface area contributed by atoms with Crippen LogP contribution in [0.15, 0.2) is 129 Å². The van der Waals surface area contributed by atoms with Crippen molar-refractivity contribution in [3.63, 3.8) is 0 Å². The van der Waals surface area contributed by atoms with Crippen LogP contribution in [-0.2, 0) is 28.6 Å². The van der Waals surface area contributed by atoms with Gasteiger partial charge in [-0.15, -0.1) is 0 Å². The van der Waals surface area contributed by atoms with Crippen LogP contribution in [0.2, 0.25) is 0 Å². The van der Waals surface area contributed by atoms with Crippen molar-refractivity contribution in [2.45, 2.75) is 116 Å². The van der Waals surface area contributed by atoms with Crippen LogP contribution in [0.4, 0.5) is 0 Å². The highest BCUT2D eigenvalue weighted by Crippen LogP contribution is 2.34. The Bertz CT molecular complexity index is 2390. The van der Waals surface area contributed by atoms with Crippen LogP contribution in [-0.4, -0.2) is 75.5 Å². The summed E-state index contributed by atoms with van der Waals surface area (Å²) in [7, 11) is 0. The van der Waals surface area contributed by atoms with E-state index in [4.69, 9.17) is 42.6 Å². The molecule has 4 rings (SSSR count). The van der Waals surface area contributed by atoms with Crippen molar-refractivity contribution in [3.8, 4) is 34.5 Å². The van der Waals surface area contributed by atoms with Crippen LogP contribution in [0.1, 0.15) is 147 Å². The molecule has 15 heteroatoms. The predicted octanol–water partition coefficient (Wildman–Crippen LogP) is 12.7. The number of esters is 6. The van der Waals surface area contributed by atoms with Crippen molar-refractivity contribution in [2.24, 2.45) is 0 Å². The third-order valence-corrected chi connectivity index (χ3v) is 11.5. The summed E-state index contributed by atoms with van der Waals surface area (Å²) >= 11 is 0. The minimum absolute atomic E-state index is 0.0338. The predicted molar refractivity (Wildman–Crippen MR) is 284 cm³/mol. The van der Waals surface area contributed by atoms with Gasteiger partial charge in [0.05, 0.1) is 56.3 Å². The first kappa shape index (κ1) is 59.9. The van der Waals surface area contributed by atoms with Crippen molar-refractivity contribution in [1.29, 1.82) is 0 Å². The van der Waals surface area contributed by atoms with E-state index in [1.807, 2.05) is 0 Å². The van der Waals surface area contributed by atoms with Crippen molar-refractivity contribution >= 4 is 35.8 Å². The first-order valence-electron chi connectivity index (χ1n) is 25.9. The van der Waals surface area contributed by atoms with Gasteiger partial charge in [-0.1, -0.05) is 96.8 Å². The Balaban J connectivity index is 1.30. The molecule has 0 aliphatic carbocycles. The van der Waals surface area contributed by atoms with Gasteiger partial charge in [0.25, 0.3) is 0 Å². The number of rotatable bonds is 39. The Morgan fingerprint density at radius 1 is 0.307 bits per heavy atom. The highest BCUT2D eigenvalue weighted by molar-refractivity contribution is 5.94. The second-order valence-corrected chi connectivity index (χ2v) is 17.4. The second kappa shape index (κ2) is 36.3. The molecule has 0 bridgehead atoms. The van der Waals surface area contributed by atoms with Crippen LogP contribution in [0, 0.1) is 0 Å². The zero-order chi connectivity index (χ0) is 53.7. The van der Waals surface area contributed by atoms with Gasteiger partial charge in [-0.05, 0) is 123 Å². The molecule has 0 radical (unpaired) electrons. The van der Waals surface area contributed by atoms with Gasteiger partial charge in [-0.2, -0.15) is 0 Å². The maximum Gasteiger partial charge on any atom is 0.343 e. The maximum absolute atomic E-state index is 13.6. The Labute approximate surface area is 441 Å². The average molecular weight is 1030 g/mol. The highest BCUT2D eigenvalue weighted by atomic mass is 16.6. The van der Waals surface area contributed by atoms with Crippen LogP contribution in [0.5, 0.6) is 34.5 Å². The fourth-order valence-electron chi connectivity index (χ4n) is 7.26. The van der Waals surface area contributed by atoms with E-state index in [0.29, 0.717) is 56.9 Å². The van der Waals surface area contributed by atoms with Crippen molar-refractivity contribution < 1.29 is 71.4 Å². The van der Waals surface area contributed by atoms with Gasteiger partial charge in [-0.3, -0.25) is 0 Å². The number of carbonyl (C=O) groups excluding carboxylic acids is 6. The van der Waals surface area contributed by atoms with E-state index >= 15 is 0 Å². The Morgan fingerprint density at radius 3 is 0.893 bits per heavy atom. The topological polar surface area (TPSA) is 185 Å². The van der Waals surface area contributed by atoms with E-state index in [1.165, 1.54) is 18.2 Å². The maximum atomic E-state index is 13.6. The third-order valence-electron chi connectivity index (χ3n) is 11.5. The molecule has 0 saturated carbocycles. The van der Waals surface area contributed by atoms with Crippen LogP contribution >= 0.6 is 0 Å². The fourth-order valence-corrected chi connectivity index (χ4v) is 7.26. The lowest BCUT2D eigenvalue weighted by Crippen LogP contribution is -2.13. The molecule has 0 aliphatic heterocycles. The fraction of sp³-hybridized carbons (Fsp3) is 0.400. The van der Waals surface area contributed by atoms with Gasteiger partial charge in [-0.25, -0.2) is 28.8 Å². The lowest BCUT2D eigenvalue weighted by molar-refractivity contribution is -0.138. The van der Waals surface area contributed by atoms with E-state index in [1.54, 1.807) is 72.8 Å². The molecule has 0 heterocycles. The summed E-state index contributed by atoms with van der Waals surface area (Å²) in [5.74, 6) is -1.81. The van der Waals surface area contributed by atoms with E-state index in [9.17, 15) is 28.8 Å². The standard InChI is InChI=1S/C60H72O15/c1-4-55(61)70-42-22-16-10-7-13-19-39-67-49-31-25-46(26-32-49)58(64)73-52-37-38-53(74-59(65)47-27-33-50(34-28-47)68-40-20-14-8-11-17-23-43-71-56(62)5-2)54(45-52)75-60(66)48-29-35-51(36-30-48)69-41-21-15-9-12-18-24-44-72-57(63)6-3/h4-6,25-38,45H,1-3,7-24,39-44H2. The molecule has 0 aliphatic rings. The number of ether oxygens (including phenoxy) is 9. The lowest BCUT2D eigenvalue weighted by Gasteiger charge is -2.13. The second-order valence-electron chi connectivity index (χ2n) is 17.4. The van der Waals surface area contributed by atoms with Crippen LogP contribution < -0.4 is 28.4 Å². The van der Waals surface area contributed by atoms with Gasteiger partial charge < -0.3 is 42.6 Å². The minimum atomic E-state index is -0.756. The number of benzene rings is 4. The first-order valence-corrected chi connectivity index (χ1v) is 25.9. The van der Waals surface area contributed by atoms with E-state index in [0.717, 1.165) is 134 Å². The van der Waals surface area contributed by atoms with Crippen molar-refractivity contribution in [1.82, 2.24) is 0 Å². The number of unbranched alkanes of at least 4 members (excludes halogenated alkanes) is 15. The number of carbonyl (C=O) groups is 6. The van der Waals surface area contributed by atoms with Gasteiger partial charge in [0.2, 0.25) is 0 Å². The SMILES string of the molecule is C=CC(=O)OCCCCCCCCOc1ccc(C(=O)Oc2ccc(OC(=O)c3ccc(OCCCCCCCCOC(=O)C=C)cc3)c(OC(=O)c3ccc(OCCCCCCCCOC(=O)C=C)cc3)c2)cc1. The third kappa shape index (κ3) is 25.2. The molecule has 4 aromatic rings. The summed E-state index contributed by atoms with van der Waals surface area (Å²) in [5, 5.41) is 0. The minimum Gasteiger partial charge on any atom is -0.494 e. The van der Waals surface area contributed by atoms with E-state index in [-0.39, 0.29) is 33.9 Å². The summed E-state index contributed by atoms with van der Waals surface area (Å²) in [5.41, 5.74) is 0.671. The molecular weight excluding hydrogens is 961 g/mol. The number of hydrogen-bond acceptors (Lipinski definition) is 15. The quantitative estimate of drug-likeness (QED) is 0.0135. The molecule has 402 valence electrons. The summed E-state index contributed by atoms with van der Waals surface area (Å²) in [4.78, 5) is 73.7. The molecular formula is C60H72O15. The summed E-state index contributed by atoms with van der Waals surface area (Å²) in [6.07, 6.45) is 20.5. The zero-order valence-electron chi connectivity index (χ0n) is 43.1. The van der Waals surface area contributed by atoms with Crippen molar-refractivity contribution in [3.05, 3.63) is 146 Å². The van der Waals surface area contributed by atoms with Crippen molar-refractivity contribution in [2.75, 3.05) is 39.6 Å². The first-order chi connectivity index (χ1) is 36.6. The van der Waals surface area contributed by atoms with Crippen LogP contribution in [0.3, 0.4) is 0 Å². The molecule has 75 heavy (non-hydrogen) atoms. The monoisotopic (exact) mass is 1030 g/mol. The van der Waals surface area contributed by atoms with Gasteiger partial charge >= 0.3 is 35.8 Å². The van der Waals surface area contributed by atoms with Gasteiger partial charge in [0.15, 0.2) is 11.5 Å². The summed E-state index contributed by atoms with van der Waals surface area (Å²) < 4.78 is 49.9. The van der Waals surface area contributed by atoms with Gasteiger partial charge in [0, 0.05) is 24.3 Å². The molecule has 0 amide bonds. The number of hydrogen-bond donors (Lipinski definition) is 0. The molecule has 15 nitrogen and oxygen atoms in total. The Kier molecular flexibility index (Phi) is 29.0. The molecule has 0 spiro atoms. The molecule has 0 fully saturated rings. The highest BCUT2D eigenvalue weighted by Gasteiger charge is 2.20. The summed E-state index contributed by atoms with van der Waals surface area (Å²) in [6, 6.07) is 23.6. The molecule has 0 atom stereocenters. The lowest BCUT2D eigenvalue weighted by atomic mass is 10.1. The molecule has 4 aromatic carbocycles. The Hall–Kier alpha value is -7.68. The largest absolute Gasteiger partial charge is 0.494 e. The average Bonchev–Trinajstić information content (AvgIpc) is 3.43. The van der Waals surface area contributed by atoms with Crippen LogP contribution in [0.25, 0.3) is 0 Å². The van der Waals surface area contributed by atoms with E-state index < -0.39 is 35.8 Å². The molecule has 0 saturated heterocycles.